The average Bonchev–Trinajstić information content (AvgIpc) is 2.40. The maximum atomic E-state index is 8.67. The zero-order valence-corrected chi connectivity index (χ0v) is 10.3. The minimum Gasteiger partial charge on any atom is -0.489 e. The number of para-hydroxylation sites is 1. The molecule has 0 saturated heterocycles. The van der Waals surface area contributed by atoms with Gasteiger partial charge in [-0.2, -0.15) is 5.26 Å². The third kappa shape index (κ3) is 2.89. The van der Waals surface area contributed by atoms with Crippen molar-refractivity contribution >= 4 is 0 Å². The molecule has 2 rings (SSSR count). The van der Waals surface area contributed by atoms with E-state index in [0.717, 1.165) is 16.9 Å². The Labute approximate surface area is 107 Å². The molecule has 0 saturated carbocycles. The highest BCUT2D eigenvalue weighted by molar-refractivity contribution is 5.70. The summed E-state index contributed by atoms with van der Waals surface area (Å²) in [6.45, 7) is 1.91. The lowest BCUT2D eigenvalue weighted by atomic mass is 10.0. The van der Waals surface area contributed by atoms with Crippen molar-refractivity contribution in [2.45, 2.75) is 19.4 Å². The van der Waals surface area contributed by atoms with E-state index in [1.807, 2.05) is 49.4 Å². The molecule has 1 unspecified atom stereocenters. The molecule has 0 amide bonds. The molecule has 0 fully saturated rings. The van der Waals surface area contributed by atoms with Crippen molar-refractivity contribution in [1.82, 2.24) is 0 Å². The van der Waals surface area contributed by atoms with Gasteiger partial charge in [0.05, 0.1) is 12.5 Å². The van der Waals surface area contributed by atoms with Gasteiger partial charge in [0.1, 0.15) is 11.9 Å². The molecule has 2 aromatic carbocycles. The van der Waals surface area contributed by atoms with E-state index in [-0.39, 0.29) is 6.10 Å². The summed E-state index contributed by atoms with van der Waals surface area (Å²) in [7, 11) is 0. The van der Waals surface area contributed by atoms with Crippen LogP contribution in [0, 0.1) is 11.3 Å². The monoisotopic (exact) mass is 237 g/mol. The van der Waals surface area contributed by atoms with Gasteiger partial charge in [-0.1, -0.05) is 48.5 Å². The Morgan fingerprint density at radius 2 is 1.72 bits per heavy atom. The number of nitrogens with zero attached hydrogens (tertiary/aromatic N) is 1. The molecule has 0 spiro atoms. The first-order valence-corrected chi connectivity index (χ1v) is 5.99. The number of hydrogen-bond donors (Lipinski definition) is 0. The van der Waals surface area contributed by atoms with E-state index >= 15 is 0 Å². The smallest absolute Gasteiger partial charge is 0.127 e. The van der Waals surface area contributed by atoms with Crippen LogP contribution in [0.15, 0.2) is 54.6 Å². The largest absolute Gasteiger partial charge is 0.489 e. The maximum absolute atomic E-state index is 8.67. The first kappa shape index (κ1) is 12.2. The number of nitriles is 1. The van der Waals surface area contributed by atoms with Gasteiger partial charge in [-0.3, -0.25) is 0 Å². The molecular formula is C16H15NO. The molecule has 0 N–H and O–H groups in total. The Bertz CT molecular complexity index is 543. The number of benzene rings is 2. The minimum atomic E-state index is -0.0973. The number of hydrogen-bond acceptors (Lipinski definition) is 2. The molecule has 0 bridgehead atoms. The highest BCUT2D eigenvalue weighted by Crippen LogP contribution is 2.30. The topological polar surface area (TPSA) is 33.0 Å². The van der Waals surface area contributed by atoms with Crippen LogP contribution in [0.5, 0.6) is 5.75 Å². The second-order valence-electron chi connectivity index (χ2n) is 4.15. The van der Waals surface area contributed by atoms with Gasteiger partial charge in [-0.15, -0.1) is 0 Å². The van der Waals surface area contributed by atoms with Crippen LogP contribution in [0.25, 0.3) is 11.1 Å². The third-order valence-electron chi connectivity index (χ3n) is 2.68. The van der Waals surface area contributed by atoms with Gasteiger partial charge < -0.3 is 4.74 Å². The fourth-order valence-corrected chi connectivity index (χ4v) is 1.81. The summed E-state index contributed by atoms with van der Waals surface area (Å²) in [6.07, 6.45) is 0.295. The summed E-state index contributed by atoms with van der Waals surface area (Å²) in [4.78, 5) is 0. The van der Waals surface area contributed by atoms with Crippen LogP contribution in [-0.4, -0.2) is 6.10 Å². The van der Waals surface area contributed by atoms with Gasteiger partial charge in [0, 0.05) is 5.56 Å². The van der Waals surface area contributed by atoms with E-state index in [2.05, 4.69) is 18.2 Å². The Kier molecular flexibility index (Phi) is 3.98. The summed E-state index contributed by atoms with van der Waals surface area (Å²) in [5.74, 6) is 0.825. The Hall–Kier alpha value is -2.27. The van der Waals surface area contributed by atoms with Gasteiger partial charge in [0.25, 0.3) is 0 Å². The van der Waals surface area contributed by atoms with E-state index in [9.17, 15) is 0 Å². The van der Waals surface area contributed by atoms with Crippen molar-refractivity contribution < 1.29 is 4.74 Å². The quantitative estimate of drug-likeness (QED) is 0.804. The molecule has 1 atom stereocenters. The molecule has 2 heteroatoms. The standard InChI is InChI=1S/C16H15NO/c1-13(11-12-17)18-16-10-6-5-9-15(16)14-7-3-2-4-8-14/h2-10,13H,11H2,1H3. The van der Waals surface area contributed by atoms with E-state index in [1.54, 1.807) is 0 Å². The summed E-state index contributed by atoms with van der Waals surface area (Å²) in [5.41, 5.74) is 2.18. The van der Waals surface area contributed by atoms with Crippen molar-refractivity contribution in [2.24, 2.45) is 0 Å². The van der Waals surface area contributed by atoms with Gasteiger partial charge in [-0.25, -0.2) is 0 Å². The Morgan fingerprint density at radius 3 is 2.44 bits per heavy atom. The van der Waals surface area contributed by atoms with Crippen molar-refractivity contribution in [3.05, 3.63) is 54.6 Å². The lowest BCUT2D eigenvalue weighted by Gasteiger charge is -2.15. The molecule has 2 aromatic rings. The first-order chi connectivity index (χ1) is 8.81. The van der Waals surface area contributed by atoms with Crippen LogP contribution in [0.4, 0.5) is 0 Å². The zero-order valence-electron chi connectivity index (χ0n) is 10.3. The van der Waals surface area contributed by atoms with E-state index in [4.69, 9.17) is 10.00 Å². The predicted octanol–water partition coefficient (Wildman–Crippen LogP) is 4.03. The molecular weight excluding hydrogens is 222 g/mol. The summed E-state index contributed by atoms with van der Waals surface area (Å²) in [6, 6.07) is 20.1. The summed E-state index contributed by atoms with van der Waals surface area (Å²) in [5, 5.41) is 8.67. The average molecular weight is 237 g/mol. The molecule has 0 aliphatic heterocycles. The fourth-order valence-electron chi connectivity index (χ4n) is 1.81. The third-order valence-corrected chi connectivity index (χ3v) is 2.68. The first-order valence-electron chi connectivity index (χ1n) is 5.99. The van der Waals surface area contributed by atoms with Gasteiger partial charge in [0.2, 0.25) is 0 Å². The van der Waals surface area contributed by atoms with Crippen LogP contribution in [0.1, 0.15) is 13.3 Å². The maximum Gasteiger partial charge on any atom is 0.127 e. The molecule has 0 heterocycles. The van der Waals surface area contributed by atoms with Crippen LogP contribution in [0.3, 0.4) is 0 Å². The van der Waals surface area contributed by atoms with Crippen molar-refractivity contribution in [3.8, 4) is 22.9 Å². The van der Waals surface area contributed by atoms with Crippen LogP contribution in [-0.2, 0) is 0 Å². The molecule has 2 nitrogen and oxygen atoms in total. The van der Waals surface area contributed by atoms with Crippen molar-refractivity contribution in [3.63, 3.8) is 0 Å². The Morgan fingerprint density at radius 1 is 1.06 bits per heavy atom. The number of rotatable bonds is 4. The molecule has 90 valence electrons. The lowest BCUT2D eigenvalue weighted by Crippen LogP contribution is -2.11. The van der Waals surface area contributed by atoms with Gasteiger partial charge >= 0.3 is 0 Å². The summed E-state index contributed by atoms with van der Waals surface area (Å²) >= 11 is 0. The SMILES string of the molecule is CC(CC#N)Oc1ccccc1-c1ccccc1. The molecule has 0 radical (unpaired) electrons. The van der Waals surface area contributed by atoms with E-state index in [1.165, 1.54) is 0 Å². The molecule has 18 heavy (non-hydrogen) atoms. The van der Waals surface area contributed by atoms with Gasteiger partial charge in [-0.05, 0) is 18.6 Å². The highest BCUT2D eigenvalue weighted by Gasteiger charge is 2.08. The van der Waals surface area contributed by atoms with Crippen LogP contribution >= 0.6 is 0 Å². The van der Waals surface area contributed by atoms with Crippen molar-refractivity contribution in [2.75, 3.05) is 0 Å². The Balaban J connectivity index is 2.30. The number of ether oxygens (including phenoxy) is 1. The van der Waals surface area contributed by atoms with Gasteiger partial charge in [0.15, 0.2) is 0 Å². The molecule has 0 aromatic heterocycles. The van der Waals surface area contributed by atoms with E-state index < -0.39 is 0 Å². The zero-order chi connectivity index (χ0) is 12.8. The van der Waals surface area contributed by atoms with Crippen molar-refractivity contribution in [1.29, 1.82) is 5.26 Å². The fraction of sp³-hybridized carbons (Fsp3) is 0.188. The minimum absolute atomic E-state index is 0.0973. The van der Waals surface area contributed by atoms with Crippen LogP contribution < -0.4 is 4.74 Å². The molecule has 0 aliphatic carbocycles. The second kappa shape index (κ2) is 5.88. The van der Waals surface area contributed by atoms with E-state index in [0.29, 0.717) is 6.42 Å². The summed E-state index contributed by atoms with van der Waals surface area (Å²) < 4.78 is 5.82. The highest BCUT2D eigenvalue weighted by atomic mass is 16.5. The second-order valence-corrected chi connectivity index (χ2v) is 4.15. The normalized spacial score (nSPS) is 11.6. The molecule has 0 aliphatic rings. The van der Waals surface area contributed by atoms with Crippen LogP contribution in [0.2, 0.25) is 0 Å². The lowest BCUT2D eigenvalue weighted by molar-refractivity contribution is 0.228. The predicted molar refractivity (Wildman–Crippen MR) is 72.2 cm³/mol.